The molecule has 0 bridgehead atoms. The Morgan fingerprint density at radius 1 is 0.757 bits per heavy atom. The molecule has 0 unspecified atom stereocenters. The van der Waals surface area contributed by atoms with E-state index in [1.54, 1.807) is 60.7 Å². The predicted octanol–water partition coefficient (Wildman–Crippen LogP) is 5.35. The van der Waals surface area contributed by atoms with Crippen LogP contribution in [-0.4, -0.2) is 23.6 Å². The van der Waals surface area contributed by atoms with E-state index < -0.39 is 5.91 Å². The molecule has 1 saturated heterocycles. The molecule has 0 spiro atoms. The Balaban J connectivity index is 1.30. The van der Waals surface area contributed by atoms with Crippen molar-refractivity contribution in [3.8, 4) is 0 Å². The lowest BCUT2D eigenvalue weighted by molar-refractivity contribution is -0.122. The van der Waals surface area contributed by atoms with Crippen LogP contribution in [0.25, 0.3) is 0 Å². The van der Waals surface area contributed by atoms with E-state index in [0.29, 0.717) is 35.5 Å². The average Bonchev–Trinajstić information content (AvgIpc) is 3.14. The lowest BCUT2D eigenvalue weighted by Gasteiger charge is -2.19. The molecular weight excluding hydrogens is 466 g/mol. The molecule has 1 heterocycles. The Kier molecular flexibility index (Phi) is 6.44. The molecule has 1 aliphatic carbocycles. The highest BCUT2D eigenvalue weighted by molar-refractivity contribution is 6.25. The Bertz CT molecular complexity index is 1420. The van der Waals surface area contributed by atoms with Crippen molar-refractivity contribution in [2.45, 2.75) is 26.7 Å². The summed E-state index contributed by atoms with van der Waals surface area (Å²) in [4.78, 5) is 53.2. The Morgan fingerprint density at radius 2 is 1.35 bits per heavy atom. The zero-order valence-electron chi connectivity index (χ0n) is 20.7. The molecule has 0 aromatic heterocycles. The molecule has 1 aliphatic heterocycles. The SMILES string of the molecule is CC1=CC[C@@H]2C(=O)N(c3ccccc3C(=O)Nc3ccc(NC(=O)c4ccc(C)cc4)cc3)C(=O)[C@@H]2C1. The summed E-state index contributed by atoms with van der Waals surface area (Å²) in [5.41, 5.74) is 4.37. The summed E-state index contributed by atoms with van der Waals surface area (Å²) in [6.07, 6.45) is 3.12. The van der Waals surface area contributed by atoms with Gasteiger partial charge in [-0.25, -0.2) is 4.90 Å². The lowest BCUT2D eigenvalue weighted by atomic mass is 9.82. The molecule has 37 heavy (non-hydrogen) atoms. The minimum atomic E-state index is -0.434. The van der Waals surface area contributed by atoms with Crippen LogP contribution in [0.2, 0.25) is 0 Å². The normalized spacial score (nSPS) is 18.8. The van der Waals surface area contributed by atoms with Crippen LogP contribution in [0, 0.1) is 18.8 Å². The minimum absolute atomic E-state index is 0.225. The fraction of sp³-hybridized carbons (Fsp3) is 0.200. The number of anilines is 3. The van der Waals surface area contributed by atoms with E-state index in [1.165, 1.54) is 4.90 Å². The van der Waals surface area contributed by atoms with E-state index in [4.69, 9.17) is 0 Å². The molecule has 2 aliphatic rings. The maximum Gasteiger partial charge on any atom is 0.257 e. The van der Waals surface area contributed by atoms with E-state index in [1.807, 2.05) is 32.1 Å². The van der Waals surface area contributed by atoms with Crippen LogP contribution in [0.5, 0.6) is 0 Å². The van der Waals surface area contributed by atoms with Gasteiger partial charge < -0.3 is 10.6 Å². The second-order valence-electron chi connectivity index (χ2n) is 9.58. The number of hydrogen-bond donors (Lipinski definition) is 2. The highest BCUT2D eigenvalue weighted by Gasteiger charge is 2.49. The van der Waals surface area contributed by atoms with Crippen molar-refractivity contribution in [2.24, 2.45) is 11.8 Å². The molecular formula is C30H27N3O4. The summed E-state index contributed by atoms with van der Waals surface area (Å²) in [7, 11) is 0. The standard InChI is InChI=1S/C30H27N3O4/c1-18-7-10-20(11-8-18)27(34)31-21-12-14-22(15-13-21)32-28(35)24-5-3-4-6-26(24)33-29(36)23-16-9-19(2)17-25(23)30(33)37/h3-15,23,25H,16-17H2,1-2H3,(H,31,34)(H,32,35)/t23-,25+/m0/s1. The van der Waals surface area contributed by atoms with Gasteiger partial charge in [0, 0.05) is 16.9 Å². The molecule has 1 fully saturated rings. The molecule has 5 rings (SSSR count). The van der Waals surface area contributed by atoms with Crippen LogP contribution in [0.1, 0.15) is 46.0 Å². The molecule has 0 saturated carbocycles. The van der Waals surface area contributed by atoms with Gasteiger partial charge in [-0.15, -0.1) is 0 Å². The highest BCUT2D eigenvalue weighted by Crippen LogP contribution is 2.40. The number of benzene rings is 3. The van der Waals surface area contributed by atoms with Gasteiger partial charge >= 0.3 is 0 Å². The number of allylic oxidation sites excluding steroid dienone is 2. The van der Waals surface area contributed by atoms with Crippen LogP contribution in [0.3, 0.4) is 0 Å². The molecule has 7 heteroatoms. The highest BCUT2D eigenvalue weighted by atomic mass is 16.2. The third-order valence-electron chi connectivity index (χ3n) is 6.93. The third-order valence-corrected chi connectivity index (χ3v) is 6.93. The molecule has 0 radical (unpaired) electrons. The van der Waals surface area contributed by atoms with Crippen molar-refractivity contribution < 1.29 is 19.2 Å². The monoisotopic (exact) mass is 493 g/mol. The number of para-hydroxylation sites is 1. The summed E-state index contributed by atoms with van der Waals surface area (Å²) in [5.74, 6) is -1.93. The molecule has 2 atom stereocenters. The van der Waals surface area contributed by atoms with Crippen LogP contribution in [-0.2, 0) is 9.59 Å². The summed E-state index contributed by atoms with van der Waals surface area (Å²) in [6.45, 7) is 3.93. The minimum Gasteiger partial charge on any atom is -0.322 e. The van der Waals surface area contributed by atoms with E-state index >= 15 is 0 Å². The molecule has 7 nitrogen and oxygen atoms in total. The van der Waals surface area contributed by atoms with Gasteiger partial charge in [0.05, 0.1) is 23.1 Å². The first kappa shape index (κ1) is 24.2. The predicted molar refractivity (Wildman–Crippen MR) is 142 cm³/mol. The summed E-state index contributed by atoms with van der Waals surface area (Å²) in [6, 6.07) is 20.7. The van der Waals surface area contributed by atoms with Gasteiger partial charge in [0.25, 0.3) is 11.8 Å². The van der Waals surface area contributed by atoms with Crippen LogP contribution < -0.4 is 15.5 Å². The first-order valence-electron chi connectivity index (χ1n) is 12.2. The van der Waals surface area contributed by atoms with Gasteiger partial charge in [-0.05, 0) is 75.2 Å². The number of imide groups is 1. The maximum absolute atomic E-state index is 13.2. The first-order chi connectivity index (χ1) is 17.8. The third kappa shape index (κ3) is 4.80. The molecule has 4 amide bonds. The smallest absolute Gasteiger partial charge is 0.257 e. The first-order valence-corrected chi connectivity index (χ1v) is 12.2. The van der Waals surface area contributed by atoms with Crippen molar-refractivity contribution in [2.75, 3.05) is 15.5 Å². The van der Waals surface area contributed by atoms with Crippen molar-refractivity contribution in [1.82, 2.24) is 0 Å². The zero-order chi connectivity index (χ0) is 26.1. The van der Waals surface area contributed by atoms with Crippen molar-refractivity contribution in [3.63, 3.8) is 0 Å². The lowest BCUT2D eigenvalue weighted by Crippen LogP contribution is -2.33. The summed E-state index contributed by atoms with van der Waals surface area (Å²) >= 11 is 0. The summed E-state index contributed by atoms with van der Waals surface area (Å²) < 4.78 is 0. The topological polar surface area (TPSA) is 95.6 Å². The Labute approximate surface area is 215 Å². The number of fused-ring (bicyclic) bond motifs is 1. The van der Waals surface area contributed by atoms with E-state index in [2.05, 4.69) is 10.6 Å². The largest absolute Gasteiger partial charge is 0.322 e. The number of nitrogens with one attached hydrogen (secondary N) is 2. The van der Waals surface area contributed by atoms with Gasteiger partial charge in [0.1, 0.15) is 0 Å². The van der Waals surface area contributed by atoms with Gasteiger partial charge in [-0.1, -0.05) is 41.5 Å². The zero-order valence-corrected chi connectivity index (χ0v) is 20.7. The number of carbonyl (C=O) groups is 4. The van der Waals surface area contributed by atoms with Crippen molar-refractivity contribution >= 4 is 40.7 Å². The molecule has 2 N–H and O–H groups in total. The number of rotatable bonds is 5. The van der Waals surface area contributed by atoms with Crippen molar-refractivity contribution in [1.29, 1.82) is 0 Å². The molecule has 186 valence electrons. The maximum atomic E-state index is 13.2. The fourth-order valence-corrected chi connectivity index (χ4v) is 4.88. The number of hydrogen-bond acceptors (Lipinski definition) is 4. The van der Waals surface area contributed by atoms with Gasteiger partial charge in [-0.3, -0.25) is 19.2 Å². The van der Waals surface area contributed by atoms with Crippen molar-refractivity contribution in [3.05, 3.63) is 101 Å². The number of carbonyl (C=O) groups excluding carboxylic acids is 4. The second kappa shape index (κ2) is 9.85. The number of amides is 4. The quantitative estimate of drug-likeness (QED) is 0.370. The Hall–Kier alpha value is -4.52. The second-order valence-corrected chi connectivity index (χ2v) is 9.58. The molecule has 3 aromatic rings. The number of nitrogens with zero attached hydrogens (tertiary/aromatic N) is 1. The van der Waals surface area contributed by atoms with E-state index in [-0.39, 0.29) is 35.1 Å². The fourth-order valence-electron chi connectivity index (χ4n) is 4.88. The summed E-state index contributed by atoms with van der Waals surface area (Å²) in [5, 5.41) is 5.66. The average molecular weight is 494 g/mol. The molecule has 3 aromatic carbocycles. The van der Waals surface area contributed by atoms with Gasteiger partial charge in [-0.2, -0.15) is 0 Å². The van der Waals surface area contributed by atoms with E-state index in [0.717, 1.165) is 11.1 Å². The van der Waals surface area contributed by atoms with Crippen LogP contribution in [0.15, 0.2) is 84.4 Å². The van der Waals surface area contributed by atoms with Crippen LogP contribution in [0.4, 0.5) is 17.1 Å². The number of aryl methyl sites for hydroxylation is 1. The van der Waals surface area contributed by atoms with Gasteiger partial charge in [0.2, 0.25) is 11.8 Å². The van der Waals surface area contributed by atoms with E-state index in [9.17, 15) is 19.2 Å². The van der Waals surface area contributed by atoms with Crippen LogP contribution >= 0.6 is 0 Å². The van der Waals surface area contributed by atoms with Gasteiger partial charge in [0.15, 0.2) is 0 Å². The Morgan fingerprint density at radius 3 is 2.03 bits per heavy atom.